The van der Waals surface area contributed by atoms with Gasteiger partial charge in [-0.2, -0.15) is 0 Å². The van der Waals surface area contributed by atoms with E-state index < -0.39 is 5.97 Å². The van der Waals surface area contributed by atoms with Gasteiger partial charge in [0.15, 0.2) is 0 Å². The van der Waals surface area contributed by atoms with Crippen molar-refractivity contribution in [3.8, 4) is 0 Å². The van der Waals surface area contributed by atoms with Crippen LogP contribution in [0.4, 0.5) is 0 Å². The maximum absolute atomic E-state index is 10.4. The Morgan fingerprint density at radius 1 is 1.36 bits per heavy atom. The van der Waals surface area contributed by atoms with Gasteiger partial charge in [0.05, 0.1) is 18.7 Å². The number of rotatable bonds is 2. The summed E-state index contributed by atoms with van der Waals surface area (Å²) in [6.45, 7) is 0.799. The average molecular weight is 184 g/mol. The predicted molar refractivity (Wildman–Crippen MR) is 44.1 cm³/mol. The molecule has 3 nitrogen and oxygen atoms in total. The number of benzene rings is 1. The molecule has 1 heterocycles. The molecule has 4 heteroatoms. The number of carboxylic acids is 1. The number of carbonyl (C=O) groups is 1. The van der Waals surface area contributed by atoms with Crippen molar-refractivity contribution >= 4 is 5.97 Å². The van der Waals surface area contributed by atoms with Crippen LogP contribution >= 0.6 is 0 Å². The second kappa shape index (κ2) is 4.65. The molecule has 14 heavy (non-hydrogen) atoms. The molecule has 1 aromatic rings. The molecule has 0 amide bonds. The molecule has 0 bridgehead atoms. The molecule has 0 N–H and O–H groups in total. The SMILES string of the molecule is O=C([O-])c1ccc(C2CCO2)cc1.[Li+]. The van der Waals surface area contributed by atoms with Crippen LogP contribution in [0, 0.1) is 0 Å². The van der Waals surface area contributed by atoms with E-state index in [-0.39, 0.29) is 30.5 Å². The molecule has 68 valence electrons. The summed E-state index contributed by atoms with van der Waals surface area (Å²) < 4.78 is 5.25. The van der Waals surface area contributed by atoms with Gasteiger partial charge in [0.1, 0.15) is 0 Å². The Hall–Kier alpha value is -0.753. The molecule has 2 rings (SSSR count). The Kier molecular flexibility index (Phi) is 3.76. The molecule has 1 aliphatic rings. The van der Waals surface area contributed by atoms with Crippen molar-refractivity contribution in [1.29, 1.82) is 0 Å². The summed E-state index contributed by atoms with van der Waals surface area (Å²) in [7, 11) is 0. The van der Waals surface area contributed by atoms with Crippen LogP contribution in [0.15, 0.2) is 24.3 Å². The predicted octanol–water partition coefficient (Wildman–Crippen LogP) is -2.48. The van der Waals surface area contributed by atoms with E-state index in [1.165, 1.54) is 0 Å². The van der Waals surface area contributed by atoms with Gasteiger partial charge in [-0.3, -0.25) is 0 Å². The van der Waals surface area contributed by atoms with Crippen LogP contribution < -0.4 is 24.0 Å². The molecule has 1 aliphatic heterocycles. The molecule has 0 spiro atoms. The van der Waals surface area contributed by atoms with Gasteiger partial charge in [0.25, 0.3) is 0 Å². The maximum Gasteiger partial charge on any atom is 1.00 e. The van der Waals surface area contributed by atoms with Crippen molar-refractivity contribution in [2.24, 2.45) is 0 Å². The van der Waals surface area contributed by atoms with Gasteiger partial charge < -0.3 is 14.6 Å². The van der Waals surface area contributed by atoms with Crippen molar-refractivity contribution in [1.82, 2.24) is 0 Å². The first-order valence-corrected chi connectivity index (χ1v) is 4.20. The standard InChI is InChI=1S/C10H10O3.Li/c11-10(12)8-3-1-7(2-4-8)9-5-6-13-9;/h1-4,9H,5-6H2,(H,11,12);/q;+1/p-1. The van der Waals surface area contributed by atoms with Crippen LogP contribution in [0.3, 0.4) is 0 Å². The Morgan fingerprint density at radius 2 is 1.93 bits per heavy atom. The third kappa shape index (κ3) is 2.19. The summed E-state index contributed by atoms with van der Waals surface area (Å²) in [6, 6.07) is 6.64. The molecule has 1 unspecified atom stereocenters. The van der Waals surface area contributed by atoms with Crippen LogP contribution in [0.2, 0.25) is 0 Å². The second-order valence-corrected chi connectivity index (χ2v) is 3.06. The van der Waals surface area contributed by atoms with Gasteiger partial charge in [-0.1, -0.05) is 24.3 Å². The zero-order chi connectivity index (χ0) is 9.26. The Morgan fingerprint density at radius 3 is 2.29 bits per heavy atom. The summed E-state index contributed by atoms with van der Waals surface area (Å²) in [5.41, 5.74) is 1.25. The number of carbonyl (C=O) groups excluding carboxylic acids is 1. The summed E-state index contributed by atoms with van der Waals surface area (Å²) in [5, 5.41) is 10.4. The van der Waals surface area contributed by atoms with E-state index in [9.17, 15) is 9.90 Å². The summed E-state index contributed by atoms with van der Waals surface area (Å²) in [6.07, 6.45) is 1.18. The monoisotopic (exact) mass is 184 g/mol. The van der Waals surface area contributed by atoms with Gasteiger partial charge >= 0.3 is 18.9 Å². The van der Waals surface area contributed by atoms with Crippen LogP contribution in [-0.4, -0.2) is 12.6 Å². The second-order valence-electron chi connectivity index (χ2n) is 3.06. The zero-order valence-electron chi connectivity index (χ0n) is 8.03. The number of carboxylic acid groups (broad SMARTS) is 1. The number of ether oxygens (including phenoxy) is 1. The summed E-state index contributed by atoms with van der Waals surface area (Å²) in [5.74, 6) is -1.14. The average Bonchev–Trinajstić information content (AvgIpc) is 2.02. The Labute approximate surface area is 94.3 Å². The largest absolute Gasteiger partial charge is 1.00 e. The van der Waals surface area contributed by atoms with Crippen LogP contribution in [0.1, 0.15) is 28.4 Å². The molecule has 0 aromatic heterocycles. The first-order chi connectivity index (χ1) is 6.27. The maximum atomic E-state index is 10.4. The van der Waals surface area contributed by atoms with Gasteiger partial charge in [-0.15, -0.1) is 0 Å². The topological polar surface area (TPSA) is 49.4 Å². The van der Waals surface area contributed by atoms with E-state index in [0.29, 0.717) is 0 Å². The van der Waals surface area contributed by atoms with Gasteiger partial charge in [0, 0.05) is 6.42 Å². The number of aromatic carboxylic acids is 1. The van der Waals surface area contributed by atoms with Crippen molar-refractivity contribution in [2.45, 2.75) is 12.5 Å². The first-order valence-electron chi connectivity index (χ1n) is 4.20. The molecule has 1 saturated heterocycles. The van der Waals surface area contributed by atoms with E-state index >= 15 is 0 Å². The van der Waals surface area contributed by atoms with Gasteiger partial charge in [-0.05, 0) is 11.1 Å². The third-order valence-electron chi connectivity index (χ3n) is 2.22. The number of hydrogen-bond acceptors (Lipinski definition) is 3. The smallest absolute Gasteiger partial charge is 0.545 e. The molecular formula is C10H9LiO3. The van der Waals surface area contributed by atoms with Crippen molar-refractivity contribution in [3.05, 3.63) is 35.4 Å². The van der Waals surface area contributed by atoms with E-state index in [0.717, 1.165) is 18.6 Å². The van der Waals surface area contributed by atoms with Crippen molar-refractivity contribution in [2.75, 3.05) is 6.61 Å². The quantitative estimate of drug-likeness (QED) is 0.478. The normalized spacial score (nSPS) is 19.3. The minimum Gasteiger partial charge on any atom is -0.545 e. The fourth-order valence-electron chi connectivity index (χ4n) is 1.33. The van der Waals surface area contributed by atoms with E-state index in [1.54, 1.807) is 24.3 Å². The number of hydrogen-bond donors (Lipinski definition) is 0. The fourth-order valence-corrected chi connectivity index (χ4v) is 1.33. The van der Waals surface area contributed by atoms with Crippen LogP contribution in [-0.2, 0) is 4.74 Å². The zero-order valence-corrected chi connectivity index (χ0v) is 8.03. The third-order valence-corrected chi connectivity index (χ3v) is 2.22. The van der Waals surface area contributed by atoms with Crippen molar-refractivity contribution in [3.63, 3.8) is 0 Å². The van der Waals surface area contributed by atoms with E-state index in [1.807, 2.05) is 0 Å². The van der Waals surface area contributed by atoms with E-state index in [4.69, 9.17) is 4.74 Å². The minimum absolute atomic E-state index is 0. The van der Waals surface area contributed by atoms with Crippen molar-refractivity contribution < 1.29 is 33.5 Å². The molecule has 1 aromatic carbocycles. The minimum atomic E-state index is -1.14. The molecular weight excluding hydrogens is 175 g/mol. The fraction of sp³-hybridized carbons (Fsp3) is 0.300. The molecule has 1 fully saturated rings. The van der Waals surface area contributed by atoms with Crippen LogP contribution in [0.25, 0.3) is 0 Å². The molecule has 0 aliphatic carbocycles. The summed E-state index contributed by atoms with van der Waals surface area (Å²) >= 11 is 0. The summed E-state index contributed by atoms with van der Waals surface area (Å²) in [4.78, 5) is 10.4. The van der Waals surface area contributed by atoms with Crippen LogP contribution in [0.5, 0.6) is 0 Å². The first kappa shape index (κ1) is 11.3. The molecule has 0 radical (unpaired) electrons. The van der Waals surface area contributed by atoms with E-state index in [2.05, 4.69) is 0 Å². The van der Waals surface area contributed by atoms with Gasteiger partial charge in [0.2, 0.25) is 0 Å². The molecule has 0 saturated carbocycles. The van der Waals surface area contributed by atoms with Gasteiger partial charge in [-0.25, -0.2) is 0 Å². The Bertz CT molecular complexity index is 317. The Balaban J connectivity index is 0.000000980. The molecule has 1 atom stereocenters.